The van der Waals surface area contributed by atoms with Gasteiger partial charge in [-0.1, -0.05) is 26.2 Å². The van der Waals surface area contributed by atoms with Crippen molar-refractivity contribution in [3.05, 3.63) is 21.4 Å². The molecule has 0 radical (unpaired) electrons. The lowest BCUT2D eigenvalue weighted by atomic mass is 9.88. The highest BCUT2D eigenvalue weighted by atomic mass is 32.1. The quantitative estimate of drug-likeness (QED) is 0.565. The molecule has 1 aromatic rings. The first-order chi connectivity index (χ1) is 11.1. The van der Waals surface area contributed by atoms with E-state index in [1.54, 1.807) is 11.3 Å². The molecule has 0 aromatic carbocycles. The molecule has 126 valence electrons. The van der Waals surface area contributed by atoms with E-state index >= 15 is 0 Å². The summed E-state index contributed by atoms with van der Waals surface area (Å²) in [5, 5.41) is 5.80. The van der Waals surface area contributed by atoms with Gasteiger partial charge in [-0.25, -0.2) is 0 Å². The van der Waals surface area contributed by atoms with E-state index in [0.29, 0.717) is 11.2 Å². The molecular weight excluding hydrogens is 326 g/mol. The molecule has 1 atom stereocenters. The first kappa shape index (κ1) is 16.7. The van der Waals surface area contributed by atoms with Gasteiger partial charge in [-0.3, -0.25) is 15.6 Å². The van der Waals surface area contributed by atoms with Crippen LogP contribution in [-0.4, -0.2) is 17.1 Å². The Bertz CT molecular complexity index is 578. The lowest BCUT2D eigenvalue weighted by molar-refractivity contribution is 0.0942. The van der Waals surface area contributed by atoms with Crippen molar-refractivity contribution in [2.24, 2.45) is 5.92 Å². The fourth-order valence-corrected chi connectivity index (χ4v) is 4.98. The molecule has 1 unspecified atom stereocenters. The molecule has 3 N–H and O–H groups in total. The normalized spacial score (nSPS) is 21.3. The van der Waals surface area contributed by atoms with Gasteiger partial charge in [0, 0.05) is 16.3 Å². The van der Waals surface area contributed by atoms with Gasteiger partial charge in [0.15, 0.2) is 5.11 Å². The van der Waals surface area contributed by atoms with Crippen molar-refractivity contribution in [2.45, 2.75) is 64.3 Å². The monoisotopic (exact) mass is 351 g/mol. The van der Waals surface area contributed by atoms with E-state index in [9.17, 15) is 4.79 Å². The Morgan fingerprint density at radius 1 is 1.22 bits per heavy atom. The first-order valence-corrected chi connectivity index (χ1v) is 9.88. The Kier molecular flexibility index (Phi) is 5.54. The number of thiocarbonyl (C=S) groups is 1. The second-order valence-corrected chi connectivity index (χ2v) is 8.16. The van der Waals surface area contributed by atoms with E-state index in [1.807, 2.05) is 5.38 Å². The molecule has 4 nitrogen and oxygen atoms in total. The topological polar surface area (TPSA) is 53.2 Å². The molecule has 1 fully saturated rings. The van der Waals surface area contributed by atoms with Crippen LogP contribution in [0.2, 0.25) is 0 Å². The molecule has 2 aliphatic carbocycles. The number of nitrogens with one attached hydrogen (secondary N) is 3. The molecule has 1 heterocycles. The van der Waals surface area contributed by atoms with E-state index in [2.05, 4.69) is 23.1 Å². The minimum Gasteiger partial charge on any atom is -0.359 e. The third-order valence-corrected chi connectivity index (χ3v) is 6.15. The average molecular weight is 352 g/mol. The molecule has 3 rings (SSSR count). The predicted molar refractivity (Wildman–Crippen MR) is 98.7 cm³/mol. The van der Waals surface area contributed by atoms with Crippen molar-refractivity contribution in [3.63, 3.8) is 0 Å². The van der Waals surface area contributed by atoms with Gasteiger partial charge in [-0.15, -0.1) is 11.3 Å². The predicted octanol–water partition coefficient (Wildman–Crippen LogP) is 3.31. The summed E-state index contributed by atoms with van der Waals surface area (Å²) in [6.45, 7) is 2.28. The molecule has 6 heteroatoms. The molecule has 1 aromatic heterocycles. The zero-order valence-electron chi connectivity index (χ0n) is 13.6. The zero-order valence-corrected chi connectivity index (χ0v) is 15.2. The van der Waals surface area contributed by atoms with Crippen molar-refractivity contribution in [2.75, 3.05) is 0 Å². The maximum Gasteiger partial charge on any atom is 0.270 e. The summed E-state index contributed by atoms with van der Waals surface area (Å²) < 4.78 is 0. The van der Waals surface area contributed by atoms with Gasteiger partial charge in [0.05, 0.1) is 5.56 Å². The number of rotatable bonds is 2. The van der Waals surface area contributed by atoms with Crippen molar-refractivity contribution in [1.29, 1.82) is 0 Å². The number of fused-ring (bicyclic) bond motifs is 1. The van der Waals surface area contributed by atoms with Crippen LogP contribution in [0.3, 0.4) is 0 Å². The van der Waals surface area contributed by atoms with E-state index in [1.165, 1.54) is 36.1 Å². The fourth-order valence-electron chi connectivity index (χ4n) is 3.52. The minimum atomic E-state index is -0.0788. The highest BCUT2D eigenvalue weighted by Gasteiger charge is 2.23. The highest BCUT2D eigenvalue weighted by molar-refractivity contribution is 7.80. The number of carbonyl (C=O) groups is 1. The summed E-state index contributed by atoms with van der Waals surface area (Å²) in [6, 6.07) is 0.441. The Morgan fingerprint density at radius 2 is 2.00 bits per heavy atom. The summed E-state index contributed by atoms with van der Waals surface area (Å²) in [6.07, 6.45) is 9.42. The van der Waals surface area contributed by atoms with Crippen LogP contribution in [0.4, 0.5) is 0 Å². The number of carbonyl (C=O) groups excluding carboxylic acids is 1. The summed E-state index contributed by atoms with van der Waals surface area (Å²) in [7, 11) is 0. The number of hydrazine groups is 1. The molecule has 2 aliphatic rings. The van der Waals surface area contributed by atoms with E-state index in [-0.39, 0.29) is 5.91 Å². The van der Waals surface area contributed by atoms with E-state index < -0.39 is 0 Å². The standard InChI is InChI=1S/C17H25N3OS2/c1-11-7-8-13-14(10-23-15(13)9-11)16(21)19-20-17(22)18-12-5-3-2-4-6-12/h10-12H,2-9H2,1H3,(H,19,21)(H2,18,20,22). The Labute approximate surface area is 147 Å². The fraction of sp³-hybridized carbons (Fsp3) is 0.647. The Balaban J connectivity index is 1.50. The van der Waals surface area contributed by atoms with Gasteiger partial charge >= 0.3 is 0 Å². The van der Waals surface area contributed by atoms with Crippen LogP contribution in [0.15, 0.2) is 5.38 Å². The smallest absolute Gasteiger partial charge is 0.270 e. The molecule has 23 heavy (non-hydrogen) atoms. The zero-order chi connectivity index (χ0) is 16.2. The molecule has 0 bridgehead atoms. The van der Waals surface area contributed by atoms with Crippen LogP contribution in [0.5, 0.6) is 0 Å². The molecule has 0 saturated heterocycles. The van der Waals surface area contributed by atoms with Crippen molar-refractivity contribution in [1.82, 2.24) is 16.2 Å². The number of hydrogen-bond acceptors (Lipinski definition) is 3. The van der Waals surface area contributed by atoms with Crippen molar-refractivity contribution < 1.29 is 4.79 Å². The lowest BCUT2D eigenvalue weighted by Crippen LogP contribution is -2.50. The third kappa shape index (κ3) is 4.23. The summed E-state index contributed by atoms with van der Waals surface area (Å²) in [4.78, 5) is 13.8. The Morgan fingerprint density at radius 3 is 2.78 bits per heavy atom. The third-order valence-electron chi connectivity index (χ3n) is 4.88. The second-order valence-electron chi connectivity index (χ2n) is 6.79. The molecule has 1 amide bonds. The minimum absolute atomic E-state index is 0.0788. The molecule has 0 aliphatic heterocycles. The van der Waals surface area contributed by atoms with Crippen LogP contribution in [0, 0.1) is 5.92 Å². The summed E-state index contributed by atoms with van der Waals surface area (Å²) in [5.74, 6) is 0.646. The van der Waals surface area contributed by atoms with E-state index in [4.69, 9.17) is 12.2 Å². The van der Waals surface area contributed by atoms with Crippen LogP contribution >= 0.6 is 23.6 Å². The van der Waals surface area contributed by atoms with Crippen molar-refractivity contribution >= 4 is 34.6 Å². The lowest BCUT2D eigenvalue weighted by Gasteiger charge is -2.24. The maximum atomic E-state index is 12.4. The SMILES string of the molecule is CC1CCc2c(C(=O)NNC(=S)NC3CCCCC3)csc2C1. The first-order valence-electron chi connectivity index (χ1n) is 8.59. The van der Waals surface area contributed by atoms with E-state index in [0.717, 1.165) is 37.2 Å². The number of thiophene rings is 1. The average Bonchev–Trinajstić information content (AvgIpc) is 2.96. The summed E-state index contributed by atoms with van der Waals surface area (Å²) >= 11 is 6.99. The van der Waals surface area contributed by atoms with Gasteiger partial charge in [0.1, 0.15) is 0 Å². The molecular formula is C17H25N3OS2. The number of amides is 1. The van der Waals surface area contributed by atoms with Gasteiger partial charge in [-0.2, -0.15) is 0 Å². The van der Waals surface area contributed by atoms with Gasteiger partial charge in [0.2, 0.25) is 0 Å². The van der Waals surface area contributed by atoms with Gasteiger partial charge in [0.25, 0.3) is 5.91 Å². The van der Waals surface area contributed by atoms with Crippen LogP contribution < -0.4 is 16.2 Å². The molecule has 1 saturated carbocycles. The maximum absolute atomic E-state index is 12.4. The van der Waals surface area contributed by atoms with Crippen LogP contribution in [0.1, 0.15) is 66.2 Å². The van der Waals surface area contributed by atoms with Crippen LogP contribution in [0.25, 0.3) is 0 Å². The molecule has 0 spiro atoms. The largest absolute Gasteiger partial charge is 0.359 e. The van der Waals surface area contributed by atoms with Gasteiger partial charge < -0.3 is 5.32 Å². The van der Waals surface area contributed by atoms with Gasteiger partial charge in [-0.05, 0) is 55.8 Å². The Hall–Kier alpha value is -1.14. The highest BCUT2D eigenvalue weighted by Crippen LogP contribution is 2.32. The summed E-state index contributed by atoms with van der Waals surface area (Å²) in [5.41, 5.74) is 7.65. The number of hydrogen-bond donors (Lipinski definition) is 3. The van der Waals surface area contributed by atoms with Crippen LogP contribution in [-0.2, 0) is 12.8 Å². The van der Waals surface area contributed by atoms with Crippen molar-refractivity contribution in [3.8, 4) is 0 Å². The second kappa shape index (κ2) is 7.62.